The van der Waals surface area contributed by atoms with E-state index in [1.165, 1.54) is 17.4 Å². The number of fused-ring (bicyclic) bond motifs is 1. The van der Waals surface area contributed by atoms with Crippen LogP contribution in [0.4, 0.5) is 13.8 Å². The van der Waals surface area contributed by atoms with E-state index in [1.54, 1.807) is 6.92 Å². The SMILES string of the molecule is CCOC(=O)c1c(NC(=O)c2ccc(F)c(F)c2)sc2c1CCOC2. The summed E-state index contributed by atoms with van der Waals surface area (Å²) in [4.78, 5) is 25.5. The van der Waals surface area contributed by atoms with E-state index in [1.807, 2.05) is 0 Å². The first-order valence-corrected chi connectivity index (χ1v) is 8.48. The monoisotopic (exact) mass is 367 g/mol. The van der Waals surface area contributed by atoms with Crippen molar-refractivity contribution in [3.63, 3.8) is 0 Å². The van der Waals surface area contributed by atoms with Crippen LogP contribution < -0.4 is 5.32 Å². The number of carbonyl (C=O) groups is 2. The molecule has 0 unspecified atom stereocenters. The molecule has 1 aliphatic heterocycles. The summed E-state index contributed by atoms with van der Waals surface area (Å²) in [6.45, 7) is 2.73. The summed E-state index contributed by atoms with van der Waals surface area (Å²) < 4.78 is 36.8. The Bertz CT molecular complexity index is 834. The van der Waals surface area contributed by atoms with Gasteiger partial charge in [-0.1, -0.05) is 0 Å². The number of rotatable bonds is 4. The number of halogens is 2. The molecule has 3 rings (SSSR count). The second-order valence-electron chi connectivity index (χ2n) is 5.31. The molecule has 1 amide bonds. The highest BCUT2D eigenvalue weighted by atomic mass is 32.1. The summed E-state index contributed by atoms with van der Waals surface area (Å²) in [5.41, 5.74) is 1.06. The Balaban J connectivity index is 1.93. The quantitative estimate of drug-likeness (QED) is 0.840. The highest BCUT2D eigenvalue weighted by Crippen LogP contribution is 2.37. The van der Waals surface area contributed by atoms with Crippen LogP contribution in [0.5, 0.6) is 0 Å². The molecule has 0 saturated heterocycles. The zero-order valence-corrected chi connectivity index (χ0v) is 14.2. The number of anilines is 1. The average molecular weight is 367 g/mol. The minimum Gasteiger partial charge on any atom is -0.462 e. The molecule has 1 aliphatic rings. The van der Waals surface area contributed by atoms with E-state index in [9.17, 15) is 18.4 Å². The van der Waals surface area contributed by atoms with Crippen molar-refractivity contribution in [1.82, 2.24) is 0 Å². The summed E-state index contributed by atoms with van der Waals surface area (Å²) >= 11 is 1.22. The Morgan fingerprint density at radius 1 is 1.32 bits per heavy atom. The molecule has 0 bridgehead atoms. The lowest BCUT2D eigenvalue weighted by atomic mass is 10.1. The second-order valence-corrected chi connectivity index (χ2v) is 6.42. The summed E-state index contributed by atoms with van der Waals surface area (Å²) in [6, 6.07) is 2.86. The standard InChI is InChI=1S/C17H15F2NO4S/c1-2-24-17(22)14-10-5-6-23-8-13(10)25-16(14)20-15(21)9-3-4-11(18)12(19)7-9/h3-4,7H,2,5-6,8H2,1H3,(H,20,21). The lowest BCUT2D eigenvalue weighted by Crippen LogP contribution is -2.17. The van der Waals surface area contributed by atoms with E-state index in [2.05, 4.69) is 5.32 Å². The molecule has 2 aromatic rings. The van der Waals surface area contributed by atoms with E-state index in [4.69, 9.17) is 9.47 Å². The smallest absolute Gasteiger partial charge is 0.341 e. The summed E-state index contributed by atoms with van der Waals surface area (Å²) in [6.07, 6.45) is 0.543. The molecule has 2 heterocycles. The van der Waals surface area contributed by atoms with Crippen molar-refractivity contribution in [2.24, 2.45) is 0 Å². The molecule has 1 N–H and O–H groups in total. The fourth-order valence-electron chi connectivity index (χ4n) is 2.55. The van der Waals surface area contributed by atoms with E-state index >= 15 is 0 Å². The van der Waals surface area contributed by atoms with Gasteiger partial charge in [0, 0.05) is 10.4 Å². The molecule has 0 aliphatic carbocycles. The maximum absolute atomic E-state index is 13.3. The molecule has 0 saturated carbocycles. The van der Waals surface area contributed by atoms with Gasteiger partial charge in [-0.25, -0.2) is 13.6 Å². The third-order valence-corrected chi connectivity index (χ3v) is 4.83. The van der Waals surface area contributed by atoms with Crippen LogP contribution in [0.2, 0.25) is 0 Å². The zero-order chi connectivity index (χ0) is 18.0. The molecule has 5 nitrogen and oxygen atoms in total. The van der Waals surface area contributed by atoms with Crippen LogP contribution in [0, 0.1) is 11.6 Å². The van der Waals surface area contributed by atoms with Crippen molar-refractivity contribution in [3.05, 3.63) is 51.4 Å². The number of benzene rings is 1. The number of hydrogen-bond donors (Lipinski definition) is 1. The molecular weight excluding hydrogens is 352 g/mol. The molecule has 1 aromatic carbocycles. The van der Waals surface area contributed by atoms with Crippen LogP contribution in [-0.4, -0.2) is 25.1 Å². The number of ether oxygens (including phenoxy) is 2. The molecule has 0 atom stereocenters. The third kappa shape index (κ3) is 3.54. The maximum atomic E-state index is 13.3. The minimum atomic E-state index is -1.11. The van der Waals surface area contributed by atoms with Crippen molar-refractivity contribution in [2.45, 2.75) is 20.0 Å². The van der Waals surface area contributed by atoms with Gasteiger partial charge in [0.1, 0.15) is 5.00 Å². The van der Waals surface area contributed by atoms with E-state index in [-0.39, 0.29) is 12.2 Å². The van der Waals surface area contributed by atoms with Crippen LogP contribution in [0.25, 0.3) is 0 Å². The molecular formula is C17H15F2NO4S. The number of hydrogen-bond acceptors (Lipinski definition) is 5. The number of thiophene rings is 1. The van der Waals surface area contributed by atoms with Gasteiger partial charge in [0.2, 0.25) is 0 Å². The molecule has 132 valence electrons. The first kappa shape index (κ1) is 17.5. The Morgan fingerprint density at radius 3 is 2.84 bits per heavy atom. The van der Waals surface area contributed by atoms with E-state index in [0.717, 1.165) is 22.6 Å². The van der Waals surface area contributed by atoms with Crippen molar-refractivity contribution >= 4 is 28.2 Å². The van der Waals surface area contributed by atoms with Crippen LogP contribution in [-0.2, 0) is 22.5 Å². The molecule has 25 heavy (non-hydrogen) atoms. The third-order valence-electron chi connectivity index (χ3n) is 3.71. The Morgan fingerprint density at radius 2 is 2.12 bits per heavy atom. The van der Waals surface area contributed by atoms with Crippen molar-refractivity contribution in [3.8, 4) is 0 Å². The predicted molar refractivity (Wildman–Crippen MR) is 87.9 cm³/mol. The van der Waals surface area contributed by atoms with Gasteiger partial charge in [0.15, 0.2) is 11.6 Å². The molecule has 0 radical (unpaired) electrons. The first-order valence-electron chi connectivity index (χ1n) is 7.67. The van der Waals surface area contributed by atoms with Gasteiger partial charge in [-0.05, 0) is 37.1 Å². The molecule has 0 spiro atoms. The van der Waals surface area contributed by atoms with Gasteiger partial charge in [0.05, 0.1) is 25.4 Å². The van der Waals surface area contributed by atoms with E-state index in [0.29, 0.717) is 30.2 Å². The normalized spacial score (nSPS) is 13.2. The highest BCUT2D eigenvalue weighted by molar-refractivity contribution is 7.17. The number of nitrogens with one attached hydrogen (secondary N) is 1. The van der Waals surface area contributed by atoms with Crippen molar-refractivity contribution in [2.75, 3.05) is 18.5 Å². The van der Waals surface area contributed by atoms with Crippen molar-refractivity contribution < 1.29 is 27.8 Å². The summed E-state index contributed by atoms with van der Waals surface area (Å²) in [7, 11) is 0. The predicted octanol–water partition coefficient (Wildman–Crippen LogP) is 3.53. The second kappa shape index (κ2) is 7.28. The Kier molecular flexibility index (Phi) is 5.10. The maximum Gasteiger partial charge on any atom is 0.341 e. The van der Waals surface area contributed by atoms with Gasteiger partial charge in [0.25, 0.3) is 5.91 Å². The highest BCUT2D eigenvalue weighted by Gasteiger charge is 2.27. The summed E-state index contributed by atoms with van der Waals surface area (Å²) in [5.74, 6) is -3.31. The zero-order valence-electron chi connectivity index (χ0n) is 13.4. The van der Waals surface area contributed by atoms with Crippen LogP contribution in [0.15, 0.2) is 18.2 Å². The number of carbonyl (C=O) groups excluding carboxylic acids is 2. The minimum absolute atomic E-state index is 0.0451. The topological polar surface area (TPSA) is 64.6 Å². The van der Waals surface area contributed by atoms with Gasteiger partial charge >= 0.3 is 5.97 Å². The lowest BCUT2D eigenvalue weighted by Gasteiger charge is -2.13. The fraction of sp³-hybridized carbons (Fsp3) is 0.294. The first-order chi connectivity index (χ1) is 12.0. The van der Waals surface area contributed by atoms with Crippen LogP contribution >= 0.6 is 11.3 Å². The van der Waals surface area contributed by atoms with Gasteiger partial charge < -0.3 is 14.8 Å². The van der Waals surface area contributed by atoms with Crippen LogP contribution in [0.3, 0.4) is 0 Å². The largest absolute Gasteiger partial charge is 0.462 e. The molecule has 1 aromatic heterocycles. The number of amides is 1. The Hall–Kier alpha value is -2.32. The lowest BCUT2D eigenvalue weighted by molar-refractivity contribution is 0.0524. The van der Waals surface area contributed by atoms with Gasteiger partial charge in [-0.15, -0.1) is 11.3 Å². The van der Waals surface area contributed by atoms with Crippen LogP contribution in [0.1, 0.15) is 38.1 Å². The Labute approximate surface area is 146 Å². The van der Waals surface area contributed by atoms with Gasteiger partial charge in [-0.3, -0.25) is 4.79 Å². The fourth-order valence-corrected chi connectivity index (χ4v) is 3.72. The van der Waals surface area contributed by atoms with Gasteiger partial charge in [-0.2, -0.15) is 0 Å². The van der Waals surface area contributed by atoms with E-state index < -0.39 is 23.5 Å². The molecule has 0 fully saturated rings. The molecule has 8 heteroatoms. The number of esters is 1. The summed E-state index contributed by atoms with van der Waals surface area (Å²) in [5, 5.41) is 2.93. The average Bonchev–Trinajstić information content (AvgIpc) is 2.95. The van der Waals surface area contributed by atoms with Crippen molar-refractivity contribution in [1.29, 1.82) is 0 Å².